The molecule has 0 spiro atoms. The van der Waals surface area contributed by atoms with Crippen LogP contribution in [0, 0.1) is 0 Å². The molecule has 0 radical (unpaired) electrons. The Labute approximate surface area is 61.1 Å². The quantitative estimate of drug-likeness (QED) is 0.491. The molecule has 2 fully saturated rings. The number of hydrogen-bond donors (Lipinski definition) is 1. The molecule has 0 bridgehead atoms. The third-order valence-electron chi connectivity index (χ3n) is 2.39. The molecule has 0 aliphatic carbocycles. The topological polar surface area (TPSA) is 38.5 Å². The Morgan fingerprint density at radius 3 is 3.20 bits per heavy atom. The summed E-state index contributed by atoms with van der Waals surface area (Å²) in [7, 11) is 0. The zero-order valence-corrected chi connectivity index (χ0v) is 6.12. The number of hydrogen-bond acceptors (Lipinski definition) is 3. The number of nitrogens with two attached hydrogens (primary N) is 1. The number of ether oxygens (including phenoxy) is 1. The lowest BCUT2D eigenvalue weighted by molar-refractivity contribution is 0.0128. The summed E-state index contributed by atoms with van der Waals surface area (Å²) in [6.07, 6.45) is 1.12. The van der Waals surface area contributed by atoms with Gasteiger partial charge < -0.3 is 10.5 Å². The van der Waals surface area contributed by atoms with Gasteiger partial charge in [0.25, 0.3) is 0 Å². The number of nitrogens with zero attached hydrogens (tertiary/aromatic N) is 1. The first kappa shape index (κ1) is 6.58. The van der Waals surface area contributed by atoms with E-state index in [-0.39, 0.29) is 0 Å². The highest BCUT2D eigenvalue weighted by Gasteiger charge is 2.31. The lowest BCUT2D eigenvalue weighted by Crippen LogP contribution is -2.40. The van der Waals surface area contributed by atoms with Gasteiger partial charge in [0, 0.05) is 25.2 Å². The summed E-state index contributed by atoms with van der Waals surface area (Å²) in [6.45, 7) is 3.95. The molecule has 2 rings (SSSR count). The van der Waals surface area contributed by atoms with Gasteiger partial charge >= 0.3 is 0 Å². The molecule has 0 aromatic carbocycles. The van der Waals surface area contributed by atoms with Crippen LogP contribution in [0.1, 0.15) is 6.42 Å². The molecular weight excluding hydrogens is 128 g/mol. The molecule has 58 valence electrons. The van der Waals surface area contributed by atoms with Gasteiger partial charge in [-0.25, -0.2) is 0 Å². The summed E-state index contributed by atoms with van der Waals surface area (Å²) in [5.41, 5.74) is 5.80. The number of rotatable bonds is 0. The highest BCUT2D eigenvalue weighted by atomic mass is 16.5. The lowest BCUT2D eigenvalue weighted by Gasteiger charge is -2.28. The summed E-state index contributed by atoms with van der Waals surface area (Å²) in [4.78, 5) is 2.44. The third kappa shape index (κ3) is 1.05. The van der Waals surface area contributed by atoms with Gasteiger partial charge in [0.15, 0.2) is 0 Å². The molecule has 2 heterocycles. The van der Waals surface area contributed by atoms with E-state index in [0.29, 0.717) is 12.1 Å². The maximum atomic E-state index is 5.80. The SMILES string of the molecule is N[C@H]1C[C@H]2COCCN2C1. The van der Waals surface area contributed by atoms with E-state index < -0.39 is 0 Å². The van der Waals surface area contributed by atoms with E-state index in [1.165, 1.54) is 0 Å². The van der Waals surface area contributed by atoms with Crippen LogP contribution in [0.3, 0.4) is 0 Å². The van der Waals surface area contributed by atoms with Crippen LogP contribution in [-0.2, 0) is 4.74 Å². The first-order valence-corrected chi connectivity index (χ1v) is 3.93. The third-order valence-corrected chi connectivity index (χ3v) is 2.39. The molecule has 2 atom stereocenters. The van der Waals surface area contributed by atoms with Gasteiger partial charge in [-0.15, -0.1) is 0 Å². The van der Waals surface area contributed by atoms with Gasteiger partial charge in [-0.05, 0) is 6.42 Å². The van der Waals surface area contributed by atoms with Crippen LogP contribution in [-0.4, -0.2) is 43.3 Å². The summed E-state index contributed by atoms with van der Waals surface area (Å²) in [5, 5.41) is 0. The molecule has 0 aromatic heterocycles. The Kier molecular flexibility index (Phi) is 1.64. The minimum absolute atomic E-state index is 0.395. The zero-order chi connectivity index (χ0) is 6.97. The van der Waals surface area contributed by atoms with Crippen molar-refractivity contribution in [1.82, 2.24) is 4.90 Å². The summed E-state index contributed by atoms with van der Waals surface area (Å²) >= 11 is 0. The van der Waals surface area contributed by atoms with Crippen LogP contribution in [0.5, 0.6) is 0 Å². The predicted octanol–water partition coefficient (Wildman–Crippen LogP) is -0.582. The minimum atomic E-state index is 0.395. The predicted molar refractivity (Wildman–Crippen MR) is 38.8 cm³/mol. The van der Waals surface area contributed by atoms with E-state index in [9.17, 15) is 0 Å². The van der Waals surface area contributed by atoms with Gasteiger partial charge in [-0.2, -0.15) is 0 Å². The second-order valence-electron chi connectivity index (χ2n) is 3.22. The largest absolute Gasteiger partial charge is 0.378 e. The molecule has 10 heavy (non-hydrogen) atoms. The highest BCUT2D eigenvalue weighted by Crippen LogP contribution is 2.18. The van der Waals surface area contributed by atoms with E-state index in [0.717, 1.165) is 32.7 Å². The van der Waals surface area contributed by atoms with Crippen molar-refractivity contribution < 1.29 is 4.74 Å². The molecule has 0 unspecified atom stereocenters. The Balaban J connectivity index is 1.97. The fraction of sp³-hybridized carbons (Fsp3) is 1.00. The molecular formula is C7H14N2O. The van der Waals surface area contributed by atoms with Crippen molar-refractivity contribution in [2.75, 3.05) is 26.3 Å². The van der Waals surface area contributed by atoms with Crippen molar-refractivity contribution in [2.45, 2.75) is 18.5 Å². The molecule has 2 N–H and O–H groups in total. The Morgan fingerprint density at radius 1 is 1.50 bits per heavy atom. The van der Waals surface area contributed by atoms with Crippen LogP contribution in [0.25, 0.3) is 0 Å². The minimum Gasteiger partial charge on any atom is -0.378 e. The highest BCUT2D eigenvalue weighted by molar-refractivity contribution is 4.88. The second-order valence-corrected chi connectivity index (χ2v) is 3.22. The van der Waals surface area contributed by atoms with E-state index in [4.69, 9.17) is 10.5 Å². The second kappa shape index (κ2) is 2.49. The first-order chi connectivity index (χ1) is 4.86. The van der Waals surface area contributed by atoms with Crippen molar-refractivity contribution >= 4 is 0 Å². The van der Waals surface area contributed by atoms with Crippen LogP contribution in [0.2, 0.25) is 0 Å². The Morgan fingerprint density at radius 2 is 2.40 bits per heavy atom. The van der Waals surface area contributed by atoms with Crippen molar-refractivity contribution in [1.29, 1.82) is 0 Å². The first-order valence-electron chi connectivity index (χ1n) is 3.93. The van der Waals surface area contributed by atoms with Crippen molar-refractivity contribution in [2.24, 2.45) is 5.73 Å². The number of fused-ring (bicyclic) bond motifs is 1. The van der Waals surface area contributed by atoms with Gasteiger partial charge in [-0.1, -0.05) is 0 Å². The molecule has 0 aromatic rings. The normalized spacial score (nSPS) is 41.7. The summed E-state index contributed by atoms with van der Waals surface area (Å²) in [6, 6.07) is 1.02. The maximum absolute atomic E-state index is 5.80. The van der Waals surface area contributed by atoms with Gasteiger partial charge in [0.2, 0.25) is 0 Å². The molecule has 0 amide bonds. The molecule has 0 saturated carbocycles. The smallest absolute Gasteiger partial charge is 0.0623 e. The fourth-order valence-electron chi connectivity index (χ4n) is 1.87. The molecule has 3 nitrogen and oxygen atoms in total. The molecule has 2 saturated heterocycles. The van der Waals surface area contributed by atoms with Gasteiger partial charge in [0.1, 0.15) is 0 Å². The van der Waals surface area contributed by atoms with E-state index in [2.05, 4.69) is 4.90 Å². The van der Waals surface area contributed by atoms with Crippen LogP contribution < -0.4 is 5.73 Å². The van der Waals surface area contributed by atoms with Crippen LogP contribution in [0.4, 0.5) is 0 Å². The standard InChI is InChI=1S/C7H14N2O/c8-6-3-7-5-10-2-1-9(7)4-6/h6-7H,1-5,8H2/t6-,7-/m0/s1. The van der Waals surface area contributed by atoms with Crippen LogP contribution >= 0.6 is 0 Å². The molecule has 2 aliphatic heterocycles. The average molecular weight is 142 g/mol. The van der Waals surface area contributed by atoms with Crippen LogP contribution in [0.15, 0.2) is 0 Å². The van der Waals surface area contributed by atoms with Crippen molar-refractivity contribution in [3.05, 3.63) is 0 Å². The monoisotopic (exact) mass is 142 g/mol. The van der Waals surface area contributed by atoms with Crippen molar-refractivity contribution in [3.8, 4) is 0 Å². The maximum Gasteiger partial charge on any atom is 0.0623 e. The van der Waals surface area contributed by atoms with E-state index in [1.54, 1.807) is 0 Å². The van der Waals surface area contributed by atoms with E-state index >= 15 is 0 Å². The van der Waals surface area contributed by atoms with Gasteiger partial charge in [-0.3, -0.25) is 4.90 Å². The summed E-state index contributed by atoms with van der Waals surface area (Å²) in [5.74, 6) is 0. The Bertz CT molecular complexity index is 115. The lowest BCUT2D eigenvalue weighted by atomic mass is 10.2. The number of morpholine rings is 1. The van der Waals surface area contributed by atoms with Gasteiger partial charge in [0.05, 0.1) is 13.2 Å². The zero-order valence-electron chi connectivity index (χ0n) is 6.12. The molecule has 2 aliphatic rings. The van der Waals surface area contributed by atoms with E-state index in [1.807, 2.05) is 0 Å². The molecule has 3 heteroatoms. The Hall–Kier alpha value is -0.120. The van der Waals surface area contributed by atoms with Crippen molar-refractivity contribution in [3.63, 3.8) is 0 Å². The summed E-state index contributed by atoms with van der Waals surface area (Å²) < 4.78 is 5.33. The average Bonchev–Trinajstić information content (AvgIpc) is 2.27. The fourth-order valence-corrected chi connectivity index (χ4v) is 1.87.